The summed E-state index contributed by atoms with van der Waals surface area (Å²) < 4.78 is 0. The monoisotopic (exact) mass is 342 g/mol. The molecule has 2 aromatic rings. The summed E-state index contributed by atoms with van der Waals surface area (Å²) in [6.45, 7) is 6.77. The van der Waals surface area contributed by atoms with E-state index in [-0.39, 0.29) is 6.10 Å². The minimum absolute atomic E-state index is 0.183. The van der Waals surface area contributed by atoms with Gasteiger partial charge in [0.05, 0.1) is 11.6 Å². The van der Waals surface area contributed by atoms with Crippen LogP contribution in [0.2, 0.25) is 0 Å². The van der Waals surface area contributed by atoms with E-state index >= 15 is 0 Å². The highest BCUT2D eigenvalue weighted by Crippen LogP contribution is 2.30. The number of fused-ring (bicyclic) bond motifs is 1. The molecule has 1 aliphatic rings. The van der Waals surface area contributed by atoms with Crippen molar-refractivity contribution in [3.05, 3.63) is 30.1 Å². The van der Waals surface area contributed by atoms with Gasteiger partial charge in [0.2, 0.25) is 0 Å². The van der Waals surface area contributed by atoms with Gasteiger partial charge in [0.15, 0.2) is 0 Å². The molecular weight excluding hydrogens is 312 g/mol. The molecule has 1 aliphatic heterocycles. The number of piperidine rings is 1. The summed E-state index contributed by atoms with van der Waals surface area (Å²) in [6, 6.07) is 8.19. The van der Waals surface area contributed by atoms with Crippen LogP contribution in [0.4, 0.5) is 5.82 Å². The average molecular weight is 342 g/mol. The van der Waals surface area contributed by atoms with Gasteiger partial charge in [0, 0.05) is 24.9 Å². The first-order valence-electron chi connectivity index (χ1n) is 9.47. The molecule has 0 unspecified atom stereocenters. The number of aliphatic hydroxyl groups is 1. The molecule has 25 heavy (non-hydrogen) atoms. The summed E-state index contributed by atoms with van der Waals surface area (Å²) in [5.74, 6) is 2.77. The van der Waals surface area contributed by atoms with Gasteiger partial charge in [-0.2, -0.15) is 0 Å². The van der Waals surface area contributed by atoms with Crippen molar-refractivity contribution in [2.75, 3.05) is 24.5 Å². The van der Waals surface area contributed by atoms with E-state index in [0.29, 0.717) is 24.8 Å². The number of para-hydroxylation sites is 1. The predicted octanol–water partition coefficient (Wildman–Crippen LogP) is 2.75. The van der Waals surface area contributed by atoms with Crippen molar-refractivity contribution in [1.82, 2.24) is 9.97 Å². The summed E-state index contributed by atoms with van der Waals surface area (Å²) >= 11 is 0. The molecule has 3 N–H and O–H groups in total. The van der Waals surface area contributed by atoms with Crippen molar-refractivity contribution < 1.29 is 5.11 Å². The van der Waals surface area contributed by atoms with Crippen LogP contribution in [0.25, 0.3) is 10.9 Å². The van der Waals surface area contributed by atoms with Crippen molar-refractivity contribution in [2.24, 2.45) is 17.6 Å². The number of hydrogen-bond donors (Lipinski definition) is 2. The highest BCUT2D eigenvalue weighted by molar-refractivity contribution is 5.89. The molecule has 0 aliphatic carbocycles. The molecule has 0 saturated carbocycles. The highest BCUT2D eigenvalue weighted by Gasteiger charge is 2.27. The molecule has 1 atom stereocenters. The smallest absolute Gasteiger partial charge is 0.140 e. The third-order valence-corrected chi connectivity index (χ3v) is 5.09. The van der Waals surface area contributed by atoms with Crippen LogP contribution in [0.5, 0.6) is 0 Å². The van der Waals surface area contributed by atoms with E-state index < -0.39 is 0 Å². The third-order valence-electron chi connectivity index (χ3n) is 5.09. The van der Waals surface area contributed by atoms with E-state index in [2.05, 4.69) is 29.8 Å². The van der Waals surface area contributed by atoms with Crippen LogP contribution < -0.4 is 10.6 Å². The molecule has 0 amide bonds. The summed E-state index contributed by atoms with van der Waals surface area (Å²) in [5, 5.41) is 11.5. The van der Waals surface area contributed by atoms with Crippen LogP contribution in [-0.2, 0) is 6.42 Å². The number of hydrogen-bond acceptors (Lipinski definition) is 5. The van der Waals surface area contributed by atoms with Gasteiger partial charge >= 0.3 is 0 Å². The summed E-state index contributed by atoms with van der Waals surface area (Å²) in [4.78, 5) is 11.8. The molecule has 2 heterocycles. The van der Waals surface area contributed by atoms with E-state index in [1.165, 1.54) is 0 Å². The van der Waals surface area contributed by atoms with Crippen LogP contribution in [-0.4, -0.2) is 40.8 Å². The molecule has 5 heteroatoms. The number of anilines is 1. The van der Waals surface area contributed by atoms with Crippen LogP contribution in [0.15, 0.2) is 24.3 Å². The lowest BCUT2D eigenvalue weighted by Crippen LogP contribution is -2.38. The standard InChI is InChI=1S/C20H30N4O/c1-14(2)13-18(25)15-8-11-24(12-9-15)20-16-5-3-4-6-17(16)22-19(23-20)7-10-21/h3-6,14-15,18,25H,7-13,21H2,1-2H3/t18-/m0/s1. The first kappa shape index (κ1) is 18.1. The molecular formula is C20H30N4O. The zero-order valence-corrected chi connectivity index (χ0v) is 15.4. The van der Waals surface area contributed by atoms with Crippen molar-refractivity contribution in [2.45, 2.75) is 45.6 Å². The fourth-order valence-electron chi connectivity index (χ4n) is 3.76. The lowest BCUT2D eigenvalue weighted by atomic mass is 9.87. The van der Waals surface area contributed by atoms with Gasteiger partial charge in [-0.1, -0.05) is 26.0 Å². The first-order chi connectivity index (χ1) is 12.1. The molecule has 3 rings (SSSR count). The Labute approximate surface area is 150 Å². The quantitative estimate of drug-likeness (QED) is 0.844. The Morgan fingerprint density at radius 1 is 1.20 bits per heavy atom. The van der Waals surface area contributed by atoms with Crippen molar-refractivity contribution in [3.8, 4) is 0 Å². The predicted molar refractivity (Wildman–Crippen MR) is 103 cm³/mol. The number of nitrogens with two attached hydrogens (primary N) is 1. The third kappa shape index (κ3) is 4.28. The van der Waals surface area contributed by atoms with Gasteiger partial charge in [-0.3, -0.25) is 0 Å². The number of rotatable bonds is 6. The van der Waals surface area contributed by atoms with Gasteiger partial charge in [-0.05, 0) is 49.8 Å². The summed E-state index contributed by atoms with van der Waals surface area (Å²) in [7, 11) is 0. The van der Waals surface area contributed by atoms with Crippen LogP contribution in [0.3, 0.4) is 0 Å². The summed E-state index contributed by atoms with van der Waals surface area (Å²) in [5.41, 5.74) is 6.69. The molecule has 5 nitrogen and oxygen atoms in total. The maximum Gasteiger partial charge on any atom is 0.140 e. The second-order valence-electron chi connectivity index (χ2n) is 7.54. The Hall–Kier alpha value is -1.72. The Morgan fingerprint density at radius 2 is 1.92 bits per heavy atom. The van der Waals surface area contributed by atoms with Gasteiger partial charge in [0.25, 0.3) is 0 Å². The Bertz CT molecular complexity index is 695. The molecule has 136 valence electrons. The number of aliphatic hydroxyl groups excluding tert-OH is 1. The summed E-state index contributed by atoms with van der Waals surface area (Å²) in [6.07, 6.45) is 3.43. The highest BCUT2D eigenvalue weighted by atomic mass is 16.3. The minimum atomic E-state index is -0.183. The topological polar surface area (TPSA) is 75.3 Å². The van der Waals surface area contributed by atoms with Gasteiger partial charge < -0.3 is 15.7 Å². The van der Waals surface area contributed by atoms with Crippen LogP contribution in [0.1, 0.15) is 38.9 Å². The largest absolute Gasteiger partial charge is 0.393 e. The molecule has 1 fully saturated rings. The van der Waals surface area contributed by atoms with Crippen molar-refractivity contribution in [1.29, 1.82) is 0 Å². The zero-order chi connectivity index (χ0) is 17.8. The number of benzene rings is 1. The normalized spacial score (nSPS) is 17.4. The fraction of sp³-hybridized carbons (Fsp3) is 0.600. The molecule has 1 saturated heterocycles. The lowest BCUT2D eigenvalue weighted by Gasteiger charge is -2.36. The van der Waals surface area contributed by atoms with E-state index in [1.807, 2.05) is 18.2 Å². The van der Waals surface area contributed by atoms with Crippen LogP contribution in [0, 0.1) is 11.8 Å². The van der Waals surface area contributed by atoms with Gasteiger partial charge in [0.1, 0.15) is 11.6 Å². The van der Waals surface area contributed by atoms with E-state index in [0.717, 1.165) is 54.9 Å². The second-order valence-corrected chi connectivity index (χ2v) is 7.54. The maximum absolute atomic E-state index is 10.4. The van der Waals surface area contributed by atoms with Crippen LogP contribution >= 0.6 is 0 Å². The lowest BCUT2D eigenvalue weighted by molar-refractivity contribution is 0.0734. The minimum Gasteiger partial charge on any atom is -0.393 e. The van der Waals surface area contributed by atoms with Gasteiger partial charge in [-0.25, -0.2) is 9.97 Å². The zero-order valence-electron chi connectivity index (χ0n) is 15.4. The SMILES string of the molecule is CC(C)C[C@H](O)C1CCN(c2nc(CCN)nc3ccccc23)CC1. The Kier molecular flexibility index (Phi) is 5.86. The van der Waals surface area contributed by atoms with E-state index in [4.69, 9.17) is 10.7 Å². The molecule has 0 radical (unpaired) electrons. The second kappa shape index (κ2) is 8.11. The number of nitrogens with zero attached hydrogens (tertiary/aromatic N) is 3. The molecule has 0 spiro atoms. The maximum atomic E-state index is 10.4. The Balaban J connectivity index is 1.78. The van der Waals surface area contributed by atoms with E-state index in [9.17, 15) is 5.11 Å². The van der Waals surface area contributed by atoms with E-state index in [1.54, 1.807) is 0 Å². The molecule has 0 bridgehead atoms. The first-order valence-corrected chi connectivity index (χ1v) is 9.47. The fourth-order valence-corrected chi connectivity index (χ4v) is 3.76. The number of aromatic nitrogens is 2. The van der Waals surface area contributed by atoms with Crippen molar-refractivity contribution >= 4 is 16.7 Å². The molecule has 1 aromatic heterocycles. The van der Waals surface area contributed by atoms with Crippen molar-refractivity contribution in [3.63, 3.8) is 0 Å². The van der Waals surface area contributed by atoms with Gasteiger partial charge in [-0.15, -0.1) is 0 Å². The average Bonchev–Trinajstić information content (AvgIpc) is 2.61. The Morgan fingerprint density at radius 3 is 2.60 bits per heavy atom. The molecule has 1 aromatic carbocycles.